The predicted octanol–water partition coefficient (Wildman–Crippen LogP) is 3.35. The Morgan fingerprint density at radius 1 is 1.28 bits per heavy atom. The lowest BCUT2D eigenvalue weighted by Gasteiger charge is -2.05. The summed E-state index contributed by atoms with van der Waals surface area (Å²) in [5.74, 6) is -1.38. The highest BCUT2D eigenvalue weighted by atomic mass is 35.5. The van der Waals surface area contributed by atoms with E-state index in [9.17, 15) is 9.59 Å². The number of rotatable bonds is 3. The summed E-state index contributed by atoms with van der Waals surface area (Å²) in [4.78, 5) is 23.2. The number of amides is 1. The Hall–Kier alpha value is -1.85. The number of nitrogens with one attached hydrogen (secondary N) is 1. The molecule has 0 aliphatic heterocycles. The fourth-order valence-electron chi connectivity index (χ4n) is 1.39. The van der Waals surface area contributed by atoms with Crippen molar-refractivity contribution in [1.82, 2.24) is 0 Å². The largest absolute Gasteiger partial charge is 0.478 e. The van der Waals surface area contributed by atoms with Crippen molar-refractivity contribution in [2.45, 2.75) is 0 Å². The summed E-state index contributed by atoms with van der Waals surface area (Å²) in [5.41, 5.74) is 0.391. The first-order valence-corrected chi connectivity index (χ1v) is 6.21. The van der Waals surface area contributed by atoms with Crippen LogP contribution in [0.4, 0.5) is 5.69 Å². The van der Waals surface area contributed by atoms with Crippen LogP contribution < -0.4 is 5.32 Å². The van der Waals surface area contributed by atoms with Gasteiger partial charge in [-0.1, -0.05) is 17.7 Å². The van der Waals surface area contributed by atoms with Gasteiger partial charge < -0.3 is 10.4 Å². The molecule has 0 unspecified atom stereocenters. The lowest BCUT2D eigenvalue weighted by molar-refractivity contribution is 0.0696. The van der Waals surface area contributed by atoms with Gasteiger partial charge in [0.1, 0.15) is 0 Å². The Kier molecular flexibility index (Phi) is 3.64. The van der Waals surface area contributed by atoms with Crippen LogP contribution in [-0.2, 0) is 0 Å². The van der Waals surface area contributed by atoms with Crippen LogP contribution in [0.1, 0.15) is 20.0 Å². The van der Waals surface area contributed by atoms with Gasteiger partial charge in [0.05, 0.1) is 10.4 Å². The fourth-order valence-corrected chi connectivity index (χ4v) is 2.24. The van der Waals surface area contributed by atoms with E-state index in [1.54, 1.807) is 17.5 Å². The molecule has 0 aliphatic carbocycles. The van der Waals surface area contributed by atoms with Crippen LogP contribution >= 0.6 is 22.9 Å². The predicted molar refractivity (Wildman–Crippen MR) is 70.7 cm³/mol. The number of anilines is 1. The molecule has 0 aliphatic rings. The smallest absolute Gasteiger partial charge is 0.335 e. The van der Waals surface area contributed by atoms with E-state index in [4.69, 9.17) is 16.7 Å². The highest BCUT2D eigenvalue weighted by Gasteiger charge is 2.10. The zero-order chi connectivity index (χ0) is 13.1. The maximum atomic E-state index is 11.8. The molecule has 0 saturated carbocycles. The number of carbonyl (C=O) groups excluding carboxylic acids is 1. The van der Waals surface area contributed by atoms with Crippen molar-refractivity contribution < 1.29 is 14.7 Å². The normalized spacial score (nSPS) is 10.1. The van der Waals surface area contributed by atoms with Gasteiger partial charge in [-0.25, -0.2) is 4.79 Å². The van der Waals surface area contributed by atoms with Crippen molar-refractivity contribution >= 4 is 40.5 Å². The van der Waals surface area contributed by atoms with Crippen LogP contribution in [0.5, 0.6) is 0 Å². The van der Waals surface area contributed by atoms with E-state index in [-0.39, 0.29) is 16.5 Å². The van der Waals surface area contributed by atoms with E-state index >= 15 is 0 Å². The van der Waals surface area contributed by atoms with Gasteiger partial charge in [-0.2, -0.15) is 0 Å². The summed E-state index contributed by atoms with van der Waals surface area (Å²) >= 11 is 7.09. The third kappa shape index (κ3) is 2.88. The molecule has 1 amide bonds. The maximum Gasteiger partial charge on any atom is 0.335 e. The van der Waals surface area contributed by atoms with Gasteiger partial charge >= 0.3 is 5.97 Å². The molecule has 0 saturated heterocycles. The average Bonchev–Trinajstić information content (AvgIpc) is 2.81. The van der Waals surface area contributed by atoms with E-state index in [1.807, 2.05) is 0 Å². The number of benzene rings is 1. The first-order valence-electron chi connectivity index (χ1n) is 4.95. The van der Waals surface area contributed by atoms with Crippen LogP contribution in [0.25, 0.3) is 0 Å². The van der Waals surface area contributed by atoms with Crippen LogP contribution in [0.2, 0.25) is 5.02 Å². The number of carboxylic acid groups (broad SMARTS) is 1. The molecule has 2 rings (SSSR count). The second-order valence-electron chi connectivity index (χ2n) is 3.47. The minimum Gasteiger partial charge on any atom is -0.478 e. The molecule has 1 aromatic heterocycles. The van der Waals surface area contributed by atoms with Crippen molar-refractivity contribution in [3.8, 4) is 0 Å². The molecule has 0 atom stereocenters. The summed E-state index contributed by atoms with van der Waals surface area (Å²) < 4.78 is 0. The summed E-state index contributed by atoms with van der Waals surface area (Å²) in [5, 5.41) is 13.5. The number of carbonyl (C=O) groups is 2. The highest BCUT2D eigenvalue weighted by molar-refractivity contribution is 7.12. The van der Waals surface area contributed by atoms with Crippen LogP contribution in [0.3, 0.4) is 0 Å². The molecule has 6 heteroatoms. The van der Waals surface area contributed by atoms with Crippen molar-refractivity contribution in [2.24, 2.45) is 0 Å². The molecule has 18 heavy (non-hydrogen) atoms. The van der Waals surface area contributed by atoms with Gasteiger partial charge in [0.15, 0.2) is 0 Å². The van der Waals surface area contributed by atoms with Crippen LogP contribution in [0.15, 0.2) is 35.7 Å². The van der Waals surface area contributed by atoms with Crippen LogP contribution in [0, 0.1) is 0 Å². The number of thiophene rings is 1. The number of aromatic carboxylic acids is 1. The standard InChI is InChI=1S/C12H8ClNO3S/c13-8-4-7(12(16)17)5-9(6-8)14-11(15)10-2-1-3-18-10/h1-6H,(H,14,15)(H,16,17). The van der Waals surface area contributed by atoms with E-state index in [1.165, 1.54) is 29.5 Å². The zero-order valence-corrected chi connectivity index (χ0v) is 10.6. The van der Waals surface area contributed by atoms with Crippen molar-refractivity contribution in [1.29, 1.82) is 0 Å². The number of carboxylic acids is 1. The second kappa shape index (κ2) is 5.20. The molecular formula is C12H8ClNO3S. The molecule has 0 spiro atoms. The molecule has 4 nitrogen and oxygen atoms in total. The Morgan fingerprint density at radius 2 is 2.06 bits per heavy atom. The molecule has 2 N–H and O–H groups in total. The molecule has 1 heterocycles. The fraction of sp³-hybridized carbons (Fsp3) is 0. The average molecular weight is 282 g/mol. The van der Waals surface area contributed by atoms with E-state index in [2.05, 4.69) is 5.32 Å². The Bertz CT molecular complexity index is 595. The number of halogens is 1. The number of hydrogen-bond donors (Lipinski definition) is 2. The van der Waals surface area contributed by atoms with Gasteiger partial charge in [-0.15, -0.1) is 11.3 Å². The van der Waals surface area contributed by atoms with E-state index in [0.717, 1.165) is 0 Å². The van der Waals surface area contributed by atoms with Gasteiger partial charge in [0.2, 0.25) is 0 Å². The quantitative estimate of drug-likeness (QED) is 0.906. The molecular weight excluding hydrogens is 274 g/mol. The molecule has 0 radical (unpaired) electrons. The highest BCUT2D eigenvalue weighted by Crippen LogP contribution is 2.20. The van der Waals surface area contributed by atoms with Crippen LogP contribution in [-0.4, -0.2) is 17.0 Å². The minimum absolute atomic E-state index is 0.0315. The lowest BCUT2D eigenvalue weighted by atomic mass is 10.2. The van der Waals surface area contributed by atoms with Crippen molar-refractivity contribution in [3.63, 3.8) is 0 Å². The van der Waals surface area contributed by atoms with Crippen molar-refractivity contribution in [2.75, 3.05) is 5.32 Å². The molecule has 0 fully saturated rings. The summed E-state index contributed by atoms with van der Waals surface area (Å²) in [6.07, 6.45) is 0. The monoisotopic (exact) mass is 281 g/mol. The lowest BCUT2D eigenvalue weighted by Crippen LogP contribution is -2.10. The topological polar surface area (TPSA) is 66.4 Å². The van der Waals surface area contributed by atoms with E-state index in [0.29, 0.717) is 10.6 Å². The van der Waals surface area contributed by atoms with Gasteiger partial charge in [0.25, 0.3) is 5.91 Å². The molecule has 2 aromatic rings. The summed E-state index contributed by atoms with van der Waals surface area (Å²) in [6, 6.07) is 7.63. The Labute approximate surface area is 112 Å². The number of hydrogen-bond acceptors (Lipinski definition) is 3. The molecule has 0 bridgehead atoms. The van der Waals surface area contributed by atoms with Gasteiger partial charge in [-0.3, -0.25) is 4.79 Å². The SMILES string of the molecule is O=C(O)c1cc(Cl)cc(NC(=O)c2cccs2)c1. The first-order chi connectivity index (χ1) is 8.56. The minimum atomic E-state index is -1.09. The Morgan fingerprint density at radius 3 is 2.67 bits per heavy atom. The maximum absolute atomic E-state index is 11.8. The first kappa shape index (κ1) is 12.6. The summed E-state index contributed by atoms with van der Waals surface area (Å²) in [6.45, 7) is 0. The third-order valence-corrected chi connectivity index (χ3v) is 3.23. The second-order valence-corrected chi connectivity index (χ2v) is 4.85. The van der Waals surface area contributed by atoms with Gasteiger partial charge in [-0.05, 0) is 29.6 Å². The summed E-state index contributed by atoms with van der Waals surface area (Å²) in [7, 11) is 0. The molecule has 1 aromatic carbocycles. The van der Waals surface area contributed by atoms with E-state index < -0.39 is 5.97 Å². The third-order valence-electron chi connectivity index (χ3n) is 2.15. The zero-order valence-electron chi connectivity index (χ0n) is 9.01. The Balaban J connectivity index is 2.24. The molecule has 92 valence electrons. The van der Waals surface area contributed by atoms with Crippen molar-refractivity contribution in [3.05, 3.63) is 51.2 Å². The van der Waals surface area contributed by atoms with Gasteiger partial charge in [0, 0.05) is 10.7 Å².